The number of aromatic nitrogens is 2. The average molecular weight is 160 g/mol. The number of hydrogen-bond acceptors (Lipinski definition) is 1. The highest BCUT2D eigenvalue weighted by Gasteiger charge is 2.01. The van der Waals surface area contributed by atoms with Gasteiger partial charge in [-0.1, -0.05) is 11.6 Å². The molecular formula is C10H12N2. The number of rotatable bonds is 0. The van der Waals surface area contributed by atoms with E-state index in [2.05, 4.69) is 37.3 Å². The first-order chi connectivity index (χ1) is 5.66. The molecule has 12 heavy (non-hydrogen) atoms. The third-order valence-electron chi connectivity index (χ3n) is 2.06. The van der Waals surface area contributed by atoms with Crippen molar-refractivity contribution in [2.75, 3.05) is 0 Å². The highest BCUT2D eigenvalue weighted by molar-refractivity contribution is 5.81. The van der Waals surface area contributed by atoms with Crippen molar-refractivity contribution in [3.63, 3.8) is 0 Å². The molecule has 1 heterocycles. The van der Waals surface area contributed by atoms with Gasteiger partial charge in [-0.25, -0.2) is 0 Å². The van der Waals surface area contributed by atoms with Gasteiger partial charge in [0.2, 0.25) is 0 Å². The third-order valence-corrected chi connectivity index (χ3v) is 2.06. The summed E-state index contributed by atoms with van der Waals surface area (Å²) >= 11 is 0. The summed E-state index contributed by atoms with van der Waals surface area (Å²) < 4.78 is 1.86. The van der Waals surface area contributed by atoms with Crippen LogP contribution in [0.1, 0.15) is 11.1 Å². The fourth-order valence-electron chi connectivity index (χ4n) is 1.62. The van der Waals surface area contributed by atoms with E-state index in [4.69, 9.17) is 0 Å². The Kier molecular flexibility index (Phi) is 1.43. The number of aryl methyl sites for hydroxylation is 3. The van der Waals surface area contributed by atoms with Gasteiger partial charge in [-0.05, 0) is 25.5 Å². The molecule has 0 fully saturated rings. The lowest BCUT2D eigenvalue weighted by Gasteiger charge is -1.95. The number of benzene rings is 1. The zero-order valence-corrected chi connectivity index (χ0v) is 7.63. The Hall–Kier alpha value is -1.31. The van der Waals surface area contributed by atoms with E-state index in [9.17, 15) is 0 Å². The van der Waals surface area contributed by atoms with Crippen LogP contribution < -0.4 is 0 Å². The fourth-order valence-corrected chi connectivity index (χ4v) is 1.62. The summed E-state index contributed by atoms with van der Waals surface area (Å²) in [5, 5.41) is 5.60. The Morgan fingerprint density at radius 2 is 2.00 bits per heavy atom. The van der Waals surface area contributed by atoms with Crippen molar-refractivity contribution in [2.45, 2.75) is 13.8 Å². The summed E-state index contributed by atoms with van der Waals surface area (Å²) in [6.07, 6.45) is 2.05. The van der Waals surface area contributed by atoms with Crippen LogP contribution in [0.5, 0.6) is 0 Å². The van der Waals surface area contributed by atoms with Gasteiger partial charge >= 0.3 is 0 Å². The Morgan fingerprint density at radius 1 is 1.25 bits per heavy atom. The Balaban J connectivity index is 2.88. The SMILES string of the molecule is Cc1cc(C)c2nn(C)cc2c1. The molecule has 0 saturated heterocycles. The van der Waals surface area contributed by atoms with Crippen LogP contribution in [0.3, 0.4) is 0 Å². The van der Waals surface area contributed by atoms with Gasteiger partial charge in [-0.2, -0.15) is 5.10 Å². The van der Waals surface area contributed by atoms with Gasteiger partial charge in [-0.15, -0.1) is 0 Å². The molecule has 2 nitrogen and oxygen atoms in total. The van der Waals surface area contributed by atoms with E-state index >= 15 is 0 Å². The molecule has 2 aromatic rings. The van der Waals surface area contributed by atoms with Crippen LogP contribution in [0, 0.1) is 13.8 Å². The topological polar surface area (TPSA) is 17.8 Å². The Labute approximate surface area is 71.8 Å². The molecule has 0 saturated carbocycles. The maximum atomic E-state index is 4.37. The molecule has 62 valence electrons. The second-order valence-corrected chi connectivity index (χ2v) is 3.32. The van der Waals surface area contributed by atoms with E-state index in [-0.39, 0.29) is 0 Å². The van der Waals surface area contributed by atoms with Crippen molar-refractivity contribution >= 4 is 10.9 Å². The fraction of sp³-hybridized carbons (Fsp3) is 0.300. The van der Waals surface area contributed by atoms with Crippen LogP contribution in [0.15, 0.2) is 18.3 Å². The molecule has 0 N–H and O–H groups in total. The van der Waals surface area contributed by atoms with Crippen LogP contribution in [0.25, 0.3) is 10.9 Å². The maximum Gasteiger partial charge on any atom is 0.0952 e. The molecule has 0 atom stereocenters. The molecule has 0 bridgehead atoms. The second-order valence-electron chi connectivity index (χ2n) is 3.32. The minimum absolute atomic E-state index is 1.11. The lowest BCUT2D eigenvalue weighted by molar-refractivity contribution is 0.779. The smallest absolute Gasteiger partial charge is 0.0952 e. The van der Waals surface area contributed by atoms with E-state index in [1.165, 1.54) is 16.5 Å². The molecule has 1 aromatic carbocycles. The first kappa shape index (κ1) is 7.35. The van der Waals surface area contributed by atoms with Crippen molar-refractivity contribution in [3.05, 3.63) is 29.5 Å². The van der Waals surface area contributed by atoms with Gasteiger partial charge in [0.1, 0.15) is 0 Å². The molecule has 0 spiro atoms. The van der Waals surface area contributed by atoms with Gasteiger partial charge in [-0.3, -0.25) is 4.68 Å². The van der Waals surface area contributed by atoms with E-state index in [1.807, 2.05) is 11.7 Å². The summed E-state index contributed by atoms with van der Waals surface area (Å²) in [7, 11) is 1.95. The van der Waals surface area contributed by atoms with Gasteiger partial charge in [0.25, 0.3) is 0 Å². The van der Waals surface area contributed by atoms with Crippen molar-refractivity contribution in [2.24, 2.45) is 7.05 Å². The summed E-state index contributed by atoms with van der Waals surface area (Å²) in [5.41, 5.74) is 3.67. The maximum absolute atomic E-state index is 4.37. The number of hydrogen-bond donors (Lipinski definition) is 0. The van der Waals surface area contributed by atoms with E-state index in [0.717, 1.165) is 5.52 Å². The first-order valence-corrected chi connectivity index (χ1v) is 4.07. The molecule has 2 heteroatoms. The number of fused-ring (bicyclic) bond motifs is 1. The largest absolute Gasteiger partial charge is 0.275 e. The van der Waals surface area contributed by atoms with Crippen molar-refractivity contribution in [1.29, 1.82) is 0 Å². The van der Waals surface area contributed by atoms with Gasteiger partial charge in [0, 0.05) is 18.6 Å². The average Bonchev–Trinajstić information content (AvgIpc) is 2.29. The summed E-state index contributed by atoms with van der Waals surface area (Å²) in [5.74, 6) is 0. The molecule has 0 aliphatic heterocycles. The van der Waals surface area contributed by atoms with Crippen LogP contribution in [-0.2, 0) is 7.05 Å². The highest BCUT2D eigenvalue weighted by Crippen LogP contribution is 2.17. The van der Waals surface area contributed by atoms with Crippen molar-refractivity contribution < 1.29 is 0 Å². The van der Waals surface area contributed by atoms with E-state index in [0.29, 0.717) is 0 Å². The molecular weight excluding hydrogens is 148 g/mol. The standard InChI is InChI=1S/C10H12N2/c1-7-4-8(2)10-9(5-7)6-12(3)11-10/h4-6H,1-3H3. The van der Waals surface area contributed by atoms with Crippen LogP contribution in [0.2, 0.25) is 0 Å². The molecule has 0 amide bonds. The van der Waals surface area contributed by atoms with Crippen LogP contribution >= 0.6 is 0 Å². The van der Waals surface area contributed by atoms with E-state index < -0.39 is 0 Å². The van der Waals surface area contributed by atoms with Gasteiger partial charge < -0.3 is 0 Å². The normalized spacial score (nSPS) is 10.9. The predicted octanol–water partition coefficient (Wildman–Crippen LogP) is 2.19. The molecule has 0 aliphatic rings. The number of nitrogens with zero attached hydrogens (tertiary/aromatic N) is 2. The molecule has 0 unspecified atom stereocenters. The molecule has 2 rings (SSSR count). The lowest BCUT2D eigenvalue weighted by Crippen LogP contribution is -1.86. The highest BCUT2D eigenvalue weighted by atomic mass is 15.2. The summed E-state index contributed by atoms with van der Waals surface area (Å²) in [6, 6.07) is 4.32. The lowest BCUT2D eigenvalue weighted by atomic mass is 10.1. The van der Waals surface area contributed by atoms with Crippen molar-refractivity contribution in [1.82, 2.24) is 9.78 Å². The monoisotopic (exact) mass is 160 g/mol. The minimum atomic E-state index is 1.11. The van der Waals surface area contributed by atoms with Crippen LogP contribution in [-0.4, -0.2) is 9.78 Å². The molecule has 0 radical (unpaired) electrons. The van der Waals surface area contributed by atoms with Crippen LogP contribution in [0.4, 0.5) is 0 Å². The first-order valence-electron chi connectivity index (χ1n) is 4.07. The summed E-state index contributed by atoms with van der Waals surface area (Å²) in [4.78, 5) is 0. The van der Waals surface area contributed by atoms with Crippen molar-refractivity contribution in [3.8, 4) is 0 Å². The Morgan fingerprint density at radius 3 is 2.75 bits per heavy atom. The molecule has 0 aliphatic carbocycles. The van der Waals surface area contributed by atoms with Gasteiger partial charge in [0.15, 0.2) is 0 Å². The van der Waals surface area contributed by atoms with Gasteiger partial charge in [0.05, 0.1) is 5.52 Å². The predicted molar refractivity (Wildman–Crippen MR) is 50.2 cm³/mol. The third kappa shape index (κ3) is 0.998. The Bertz CT molecular complexity index is 427. The summed E-state index contributed by atoms with van der Waals surface area (Å²) in [6.45, 7) is 4.21. The molecule has 1 aromatic heterocycles. The van der Waals surface area contributed by atoms with E-state index in [1.54, 1.807) is 0 Å². The zero-order valence-electron chi connectivity index (χ0n) is 7.63. The quantitative estimate of drug-likeness (QED) is 0.577. The second kappa shape index (κ2) is 2.34. The minimum Gasteiger partial charge on any atom is -0.275 e. The zero-order chi connectivity index (χ0) is 8.72.